The van der Waals surface area contributed by atoms with Gasteiger partial charge in [0.25, 0.3) is 0 Å². The number of hydrogen-bond acceptors (Lipinski definition) is 23. The summed E-state index contributed by atoms with van der Waals surface area (Å²) < 4.78 is 45.3. The molecule has 15 atom stereocenters. The van der Waals surface area contributed by atoms with Gasteiger partial charge in [-0.15, -0.1) is 0 Å². The third-order valence-corrected chi connectivity index (χ3v) is 10.9. The minimum Gasteiger partial charge on any atom is -0.504 e. The van der Waals surface area contributed by atoms with Crippen molar-refractivity contribution < 1.29 is 114 Å². The molecule has 0 bridgehead atoms. The Morgan fingerprint density at radius 2 is 1.14 bits per heavy atom. The molecule has 2 aromatic carbocycles. The summed E-state index contributed by atoms with van der Waals surface area (Å²) in [5.74, 6) is -3.79. The van der Waals surface area contributed by atoms with Crippen molar-refractivity contribution in [3.05, 3.63) is 76.5 Å². The van der Waals surface area contributed by atoms with Crippen molar-refractivity contribution in [2.45, 2.75) is 92.1 Å². The van der Waals surface area contributed by atoms with Gasteiger partial charge in [0.05, 0.1) is 24.9 Å². The van der Waals surface area contributed by atoms with Gasteiger partial charge in [0.15, 0.2) is 46.0 Å². The highest BCUT2D eigenvalue weighted by molar-refractivity contribution is 5.88. The summed E-state index contributed by atoms with van der Waals surface area (Å²) in [4.78, 5) is 24.0. The number of benzene rings is 3. The number of aromatic hydroxyl groups is 3. The van der Waals surface area contributed by atoms with E-state index in [0.717, 1.165) is 36.4 Å². The molecule has 0 spiro atoms. The second-order valence-electron chi connectivity index (χ2n) is 15.4. The molecule has 0 aromatic heterocycles. The van der Waals surface area contributed by atoms with Crippen LogP contribution < -0.4 is 19.6 Å². The molecule has 5 aliphatic rings. The SMILES string of the molecule is O=c1cc(O[C@@H]2O[C@H](COC(=[OH+])C=Cc3ccc(O)c(O)c3)[C@@H](O)[C@H](O)[C@@H]2O)cc2oc(-c3ccc(O)c(O[C@@H]4O[C@H](CO)[C@@H](O)[C@H](O)[C@H]4O)c3)c(O[C@@H]3O[C@H](CO)[C@@H](O)[C@H](O)[C@H]3O)cc1-2. The lowest BCUT2D eigenvalue weighted by atomic mass is 9.99. The monoisotopic (exact) mass is 935 g/mol. The van der Waals surface area contributed by atoms with Crippen LogP contribution in [0.1, 0.15) is 5.56 Å². The zero-order chi connectivity index (χ0) is 47.7. The summed E-state index contributed by atoms with van der Waals surface area (Å²) in [6, 6.07) is 10.5. The normalized spacial score (nSPS) is 32.6. The average molecular weight is 936 g/mol. The van der Waals surface area contributed by atoms with Gasteiger partial charge in [-0.3, -0.25) is 4.79 Å². The lowest BCUT2D eigenvalue weighted by Gasteiger charge is -2.39. The van der Waals surface area contributed by atoms with Crippen LogP contribution in [0.2, 0.25) is 0 Å². The molecule has 4 aliphatic heterocycles. The van der Waals surface area contributed by atoms with Gasteiger partial charge < -0.3 is 114 Å². The van der Waals surface area contributed by atoms with Crippen molar-refractivity contribution in [1.82, 2.24) is 0 Å². The minimum absolute atomic E-state index is 0.0465. The van der Waals surface area contributed by atoms with Crippen LogP contribution in [0.4, 0.5) is 0 Å². The molecule has 2 aromatic rings. The number of rotatable bonds is 13. The number of ether oxygens (including phenoxy) is 7. The smallest absolute Gasteiger partial charge is 0.504 e. The number of aliphatic hydroxyl groups excluding tert-OH is 11. The molecular weight excluding hydrogens is 888 g/mol. The van der Waals surface area contributed by atoms with Crippen LogP contribution in [0.25, 0.3) is 28.7 Å². The number of fused-ring (bicyclic) bond motifs is 1. The van der Waals surface area contributed by atoms with Crippen LogP contribution in [0.3, 0.4) is 0 Å². The molecule has 0 unspecified atom stereocenters. The van der Waals surface area contributed by atoms with Gasteiger partial charge in [-0.1, -0.05) is 6.07 Å². The summed E-state index contributed by atoms with van der Waals surface area (Å²) in [7, 11) is 0. The van der Waals surface area contributed by atoms with Crippen molar-refractivity contribution in [3.8, 4) is 57.1 Å². The third kappa shape index (κ3) is 10.0. The van der Waals surface area contributed by atoms with Crippen LogP contribution in [-0.4, -0.2) is 194 Å². The molecule has 24 nitrogen and oxygen atoms in total. The molecule has 0 saturated carbocycles. The van der Waals surface area contributed by atoms with Gasteiger partial charge in [-0.05, 0) is 48.0 Å². The Morgan fingerprint density at radius 3 is 1.73 bits per heavy atom. The molecule has 358 valence electrons. The summed E-state index contributed by atoms with van der Waals surface area (Å²) in [5, 5.41) is 144. The maximum atomic E-state index is 13.7. The highest BCUT2D eigenvalue weighted by Crippen LogP contribution is 2.42. The Hall–Kier alpha value is -5.68. The summed E-state index contributed by atoms with van der Waals surface area (Å²) >= 11 is 0. The fourth-order valence-corrected chi connectivity index (χ4v) is 7.16. The largest absolute Gasteiger partial charge is 0.510 e. The predicted octanol–water partition coefficient (Wildman–Crippen LogP) is -3.70. The molecule has 24 heteroatoms. The molecule has 4 heterocycles. The van der Waals surface area contributed by atoms with Crippen LogP contribution in [-0.2, 0) is 18.9 Å². The lowest BCUT2D eigenvalue weighted by Crippen LogP contribution is -2.60. The Balaban J connectivity index is 1.18. The molecule has 0 amide bonds. The standard InChI is InChI=1S/C42H46O24/c43-12-26-30(50)33(53)37(57)41(64-26)62-24-8-16(3-5-20(24)46)39-25(63-42-38(58)34(54)31(51)27(13-44)65-42)11-18-21(47)9-17(10-23(18)61-39)60-40-36(56)35(55)32(52)28(66-40)14-59-29(49)6-2-15-1-4-19(45)22(48)7-15/h1-11,26-28,30-38,40-46,48,50-58H,12-14H2/p+1/t26-,27-,28-,30-,31-,32-,33+,34+,35+,36+,37-,38-,40-,41-,42-/m1/s1. The van der Waals surface area contributed by atoms with Crippen LogP contribution in [0, 0.1) is 0 Å². The van der Waals surface area contributed by atoms with E-state index in [4.69, 9.17) is 37.6 Å². The van der Waals surface area contributed by atoms with Gasteiger partial charge in [0.2, 0.25) is 25.5 Å². The molecule has 0 radical (unpaired) electrons. The van der Waals surface area contributed by atoms with Gasteiger partial charge in [0, 0.05) is 17.7 Å². The Morgan fingerprint density at radius 1 is 0.591 bits per heavy atom. The maximum absolute atomic E-state index is 13.7. The number of esters is 1. The first kappa shape index (κ1) is 48.3. The van der Waals surface area contributed by atoms with Crippen LogP contribution in [0.15, 0.2) is 69.9 Å². The Bertz CT molecular complexity index is 2380. The fraction of sp³-hybridized carbons (Fsp3) is 0.429. The van der Waals surface area contributed by atoms with Crippen LogP contribution >= 0.6 is 0 Å². The van der Waals surface area contributed by atoms with E-state index in [1.54, 1.807) is 0 Å². The number of aliphatic hydroxyl groups is 11. The van der Waals surface area contributed by atoms with E-state index in [9.17, 15) is 81.1 Å². The third-order valence-electron chi connectivity index (χ3n) is 10.9. The number of phenols is 3. The topological polar surface area (TPSA) is 399 Å². The predicted molar refractivity (Wildman–Crippen MR) is 217 cm³/mol. The highest BCUT2D eigenvalue weighted by atomic mass is 16.7. The number of phenolic OH excluding ortho intramolecular Hbond substituents is 3. The summed E-state index contributed by atoms with van der Waals surface area (Å²) in [6.45, 7) is -2.22. The average Bonchev–Trinajstić information content (AvgIpc) is 3.30. The first-order valence-corrected chi connectivity index (χ1v) is 20.0. The van der Waals surface area contributed by atoms with Gasteiger partial charge in [0.1, 0.15) is 78.7 Å². The molecule has 15 N–H and O–H groups in total. The lowest BCUT2D eigenvalue weighted by molar-refractivity contribution is -0.277. The Labute approximate surface area is 371 Å². The fourth-order valence-electron chi connectivity index (χ4n) is 7.16. The van der Waals surface area contributed by atoms with Crippen molar-refractivity contribution in [2.24, 2.45) is 0 Å². The van der Waals surface area contributed by atoms with Crippen molar-refractivity contribution in [2.75, 3.05) is 19.8 Å². The maximum Gasteiger partial charge on any atom is 0.510 e. The summed E-state index contributed by atoms with van der Waals surface area (Å²) in [5.41, 5.74) is -0.738. The molecule has 7 rings (SSSR count). The van der Waals surface area contributed by atoms with E-state index in [1.165, 1.54) is 30.3 Å². The van der Waals surface area contributed by atoms with E-state index in [-0.39, 0.29) is 39.9 Å². The van der Waals surface area contributed by atoms with Crippen molar-refractivity contribution >= 4 is 12.0 Å². The van der Waals surface area contributed by atoms with E-state index < -0.39 is 141 Å². The Kier molecular flexibility index (Phi) is 14.7. The molecular formula is C42H47O24+. The highest BCUT2D eigenvalue weighted by Gasteiger charge is 2.48. The summed E-state index contributed by atoms with van der Waals surface area (Å²) in [6.07, 6.45) is -23.9. The second kappa shape index (κ2) is 20.0. The first-order chi connectivity index (χ1) is 31.4. The molecule has 66 heavy (non-hydrogen) atoms. The van der Waals surface area contributed by atoms with E-state index in [0.29, 0.717) is 5.56 Å². The van der Waals surface area contributed by atoms with Gasteiger partial charge in [-0.25, -0.2) is 0 Å². The molecule has 1 aliphatic carbocycles. The zero-order valence-corrected chi connectivity index (χ0v) is 34.0. The van der Waals surface area contributed by atoms with E-state index >= 15 is 0 Å². The zero-order valence-electron chi connectivity index (χ0n) is 34.0. The molecule has 3 fully saturated rings. The molecule has 3 saturated heterocycles. The van der Waals surface area contributed by atoms with Gasteiger partial charge >= 0.3 is 5.97 Å². The van der Waals surface area contributed by atoms with Crippen LogP contribution in [0.5, 0.6) is 34.5 Å². The first-order valence-electron chi connectivity index (χ1n) is 20.0. The number of carbonyl (C=O) groups excluding carboxylic acids is 1. The van der Waals surface area contributed by atoms with Crippen molar-refractivity contribution in [1.29, 1.82) is 0 Å². The minimum atomic E-state index is -1.94. The second-order valence-corrected chi connectivity index (χ2v) is 15.4. The van der Waals surface area contributed by atoms with E-state index in [1.807, 2.05) is 0 Å². The quantitative estimate of drug-likeness (QED) is 0.0265. The van der Waals surface area contributed by atoms with Crippen molar-refractivity contribution in [3.63, 3.8) is 0 Å². The number of hydrogen-bond donors (Lipinski definition) is 14. The van der Waals surface area contributed by atoms with Gasteiger partial charge in [-0.2, -0.15) is 0 Å². The van der Waals surface area contributed by atoms with E-state index in [2.05, 4.69) is 0 Å².